The Morgan fingerprint density at radius 1 is 1.20 bits per heavy atom. The zero-order valence-corrected chi connectivity index (χ0v) is 14.3. The molecular weight excluding hydrogens is 316 g/mol. The zero-order valence-electron chi connectivity index (χ0n) is 14.3. The molecule has 0 unspecified atom stereocenters. The Kier molecular flexibility index (Phi) is 4.30. The second-order valence-electron chi connectivity index (χ2n) is 6.73. The van der Waals surface area contributed by atoms with Crippen molar-refractivity contribution in [3.63, 3.8) is 0 Å². The van der Waals surface area contributed by atoms with Gasteiger partial charge in [-0.1, -0.05) is 0 Å². The van der Waals surface area contributed by atoms with Gasteiger partial charge in [0.05, 0.1) is 18.7 Å². The Hall–Kier alpha value is -2.56. The average molecular weight is 338 g/mol. The van der Waals surface area contributed by atoms with E-state index in [2.05, 4.69) is 4.98 Å². The van der Waals surface area contributed by atoms with Gasteiger partial charge in [-0.15, -0.1) is 0 Å². The van der Waals surface area contributed by atoms with E-state index in [4.69, 9.17) is 9.47 Å². The molecular formula is C20H22N2O3. The van der Waals surface area contributed by atoms with E-state index in [0.29, 0.717) is 24.1 Å². The van der Waals surface area contributed by atoms with E-state index in [1.165, 1.54) is 6.42 Å². The van der Waals surface area contributed by atoms with Gasteiger partial charge < -0.3 is 14.4 Å². The number of ether oxygens (including phenoxy) is 2. The van der Waals surface area contributed by atoms with Crippen LogP contribution in [0.4, 0.5) is 0 Å². The second-order valence-corrected chi connectivity index (χ2v) is 6.73. The highest BCUT2D eigenvalue weighted by Gasteiger charge is 2.48. The summed E-state index contributed by atoms with van der Waals surface area (Å²) in [7, 11) is 1.65. The molecule has 1 aliphatic carbocycles. The van der Waals surface area contributed by atoms with Crippen molar-refractivity contribution < 1.29 is 14.3 Å². The minimum absolute atomic E-state index is 0.0728. The lowest BCUT2D eigenvalue weighted by Crippen LogP contribution is -2.47. The highest BCUT2D eigenvalue weighted by Crippen LogP contribution is 2.43. The van der Waals surface area contributed by atoms with Crippen LogP contribution in [0.5, 0.6) is 11.5 Å². The van der Waals surface area contributed by atoms with E-state index < -0.39 is 0 Å². The van der Waals surface area contributed by atoms with Crippen LogP contribution in [-0.4, -0.2) is 41.6 Å². The zero-order chi connectivity index (χ0) is 17.2. The number of piperidine rings is 1. The van der Waals surface area contributed by atoms with Crippen molar-refractivity contribution in [1.29, 1.82) is 0 Å². The standard InChI is InChI=1S/C20H22N2O3/c1-24-17-6-8-18(9-7-17)25-13-19-14-4-5-16(11-14)22(19)20(23)15-3-2-10-21-12-15/h2-3,6-10,12,14,16,19H,4-5,11,13H2,1H3/t14-,16-,19+/m1/s1. The summed E-state index contributed by atoms with van der Waals surface area (Å²) in [5.74, 6) is 2.21. The molecule has 0 spiro atoms. The Morgan fingerprint density at radius 3 is 2.72 bits per heavy atom. The summed E-state index contributed by atoms with van der Waals surface area (Å²) in [4.78, 5) is 19.1. The summed E-state index contributed by atoms with van der Waals surface area (Å²) < 4.78 is 11.2. The van der Waals surface area contributed by atoms with Crippen molar-refractivity contribution in [3.05, 3.63) is 54.4 Å². The van der Waals surface area contributed by atoms with E-state index in [-0.39, 0.29) is 11.9 Å². The summed E-state index contributed by atoms with van der Waals surface area (Å²) in [5, 5.41) is 0. The molecule has 2 fully saturated rings. The fourth-order valence-electron chi connectivity index (χ4n) is 4.12. The number of aromatic nitrogens is 1. The number of nitrogens with zero attached hydrogens (tertiary/aromatic N) is 2. The Balaban J connectivity index is 1.48. The summed E-state index contributed by atoms with van der Waals surface area (Å²) in [6.07, 6.45) is 6.70. The average Bonchev–Trinajstić information content (AvgIpc) is 3.28. The highest BCUT2D eigenvalue weighted by molar-refractivity contribution is 5.94. The number of hydrogen-bond donors (Lipinski definition) is 0. The highest BCUT2D eigenvalue weighted by atomic mass is 16.5. The molecule has 0 N–H and O–H groups in total. The van der Waals surface area contributed by atoms with Crippen molar-refractivity contribution in [3.8, 4) is 11.5 Å². The van der Waals surface area contributed by atoms with Crippen LogP contribution in [0.3, 0.4) is 0 Å². The number of pyridine rings is 1. The molecule has 0 radical (unpaired) electrons. The normalized spacial score (nSPS) is 24.4. The van der Waals surface area contributed by atoms with E-state index in [1.807, 2.05) is 41.3 Å². The first-order chi connectivity index (χ1) is 12.3. The van der Waals surface area contributed by atoms with Gasteiger partial charge in [0.15, 0.2) is 0 Å². The number of methoxy groups -OCH3 is 1. The van der Waals surface area contributed by atoms with E-state index >= 15 is 0 Å². The molecule has 25 heavy (non-hydrogen) atoms. The minimum Gasteiger partial charge on any atom is -0.497 e. The van der Waals surface area contributed by atoms with Gasteiger partial charge in [-0.3, -0.25) is 9.78 Å². The fraction of sp³-hybridized carbons (Fsp3) is 0.400. The molecule has 1 aliphatic heterocycles. The van der Waals surface area contributed by atoms with Crippen molar-refractivity contribution in [2.75, 3.05) is 13.7 Å². The maximum absolute atomic E-state index is 13.0. The van der Waals surface area contributed by atoms with E-state index in [0.717, 1.165) is 24.3 Å². The fourth-order valence-corrected chi connectivity index (χ4v) is 4.12. The topological polar surface area (TPSA) is 51.7 Å². The number of fused-ring (bicyclic) bond motifs is 2. The minimum atomic E-state index is 0.0728. The largest absolute Gasteiger partial charge is 0.497 e. The molecule has 4 rings (SSSR count). The van der Waals surface area contributed by atoms with Crippen LogP contribution in [0.2, 0.25) is 0 Å². The molecule has 5 nitrogen and oxygen atoms in total. The molecule has 1 saturated heterocycles. The molecule has 5 heteroatoms. The van der Waals surface area contributed by atoms with Gasteiger partial charge in [0.25, 0.3) is 5.91 Å². The lowest BCUT2D eigenvalue weighted by molar-refractivity contribution is 0.0505. The molecule has 1 saturated carbocycles. The van der Waals surface area contributed by atoms with Gasteiger partial charge in [0.1, 0.15) is 18.1 Å². The number of rotatable bonds is 5. The van der Waals surface area contributed by atoms with Crippen LogP contribution in [0.15, 0.2) is 48.8 Å². The van der Waals surface area contributed by atoms with Gasteiger partial charge in [0.2, 0.25) is 0 Å². The second kappa shape index (κ2) is 6.75. The SMILES string of the molecule is COc1ccc(OC[C@H]2[C@@H]3CC[C@H](C3)N2C(=O)c2cccnc2)cc1. The summed E-state index contributed by atoms with van der Waals surface area (Å²) in [5.41, 5.74) is 0.657. The summed E-state index contributed by atoms with van der Waals surface area (Å²) in [6, 6.07) is 11.7. The Bertz CT molecular complexity index is 732. The quantitative estimate of drug-likeness (QED) is 0.840. The molecule has 1 aromatic heterocycles. The molecule has 2 aromatic rings. The van der Waals surface area contributed by atoms with Gasteiger partial charge in [-0.25, -0.2) is 0 Å². The molecule has 2 bridgehead atoms. The first kappa shape index (κ1) is 15.9. The maximum Gasteiger partial charge on any atom is 0.256 e. The van der Waals surface area contributed by atoms with Crippen molar-refractivity contribution in [2.24, 2.45) is 5.92 Å². The van der Waals surface area contributed by atoms with Crippen molar-refractivity contribution >= 4 is 5.91 Å². The van der Waals surface area contributed by atoms with Gasteiger partial charge in [-0.2, -0.15) is 0 Å². The first-order valence-electron chi connectivity index (χ1n) is 8.76. The van der Waals surface area contributed by atoms with Crippen LogP contribution in [0, 0.1) is 5.92 Å². The first-order valence-corrected chi connectivity index (χ1v) is 8.76. The van der Waals surface area contributed by atoms with Crippen molar-refractivity contribution in [2.45, 2.75) is 31.3 Å². The molecule has 130 valence electrons. The van der Waals surface area contributed by atoms with Gasteiger partial charge >= 0.3 is 0 Å². The molecule has 2 aliphatic rings. The Labute approximate surface area is 147 Å². The number of carbonyl (C=O) groups excluding carboxylic acids is 1. The lowest BCUT2D eigenvalue weighted by Gasteiger charge is -2.35. The lowest BCUT2D eigenvalue weighted by atomic mass is 9.99. The van der Waals surface area contributed by atoms with Crippen LogP contribution in [-0.2, 0) is 0 Å². The number of amides is 1. The van der Waals surface area contributed by atoms with E-state index in [1.54, 1.807) is 19.5 Å². The third kappa shape index (κ3) is 3.06. The van der Waals surface area contributed by atoms with Crippen LogP contribution < -0.4 is 9.47 Å². The number of benzene rings is 1. The predicted molar refractivity (Wildman–Crippen MR) is 93.8 cm³/mol. The molecule has 3 atom stereocenters. The number of likely N-dealkylation sites (tertiary alicyclic amines) is 1. The van der Waals surface area contributed by atoms with Gasteiger partial charge in [0, 0.05) is 18.4 Å². The summed E-state index contributed by atoms with van der Waals surface area (Å²) in [6.45, 7) is 0.527. The van der Waals surface area contributed by atoms with Crippen LogP contribution in [0.25, 0.3) is 0 Å². The third-order valence-electron chi connectivity index (χ3n) is 5.36. The number of carbonyl (C=O) groups is 1. The third-order valence-corrected chi connectivity index (χ3v) is 5.36. The predicted octanol–water partition coefficient (Wildman–Crippen LogP) is 3.16. The molecule has 2 heterocycles. The van der Waals surface area contributed by atoms with Gasteiger partial charge in [-0.05, 0) is 61.6 Å². The molecule has 1 aromatic carbocycles. The number of hydrogen-bond acceptors (Lipinski definition) is 4. The monoisotopic (exact) mass is 338 g/mol. The van der Waals surface area contributed by atoms with E-state index in [9.17, 15) is 4.79 Å². The van der Waals surface area contributed by atoms with Crippen LogP contribution >= 0.6 is 0 Å². The maximum atomic E-state index is 13.0. The molecule has 1 amide bonds. The Morgan fingerprint density at radius 2 is 2.00 bits per heavy atom. The summed E-state index contributed by atoms with van der Waals surface area (Å²) >= 11 is 0. The van der Waals surface area contributed by atoms with Crippen molar-refractivity contribution in [1.82, 2.24) is 9.88 Å². The van der Waals surface area contributed by atoms with Crippen LogP contribution in [0.1, 0.15) is 29.6 Å². The smallest absolute Gasteiger partial charge is 0.256 e.